The lowest BCUT2D eigenvalue weighted by Gasteiger charge is -2.27. The van der Waals surface area contributed by atoms with Crippen molar-refractivity contribution in [2.24, 2.45) is 5.73 Å². The van der Waals surface area contributed by atoms with Gasteiger partial charge < -0.3 is 31.9 Å². The Kier molecular flexibility index (Phi) is 7.74. The van der Waals surface area contributed by atoms with Crippen LogP contribution in [0.2, 0.25) is 0 Å². The predicted octanol–water partition coefficient (Wildman–Crippen LogP) is 3.22. The quantitative estimate of drug-likeness (QED) is 0.356. The Hall–Kier alpha value is -4.51. The Labute approximate surface area is 221 Å². The number of rotatable bonds is 3. The normalized spacial score (nSPS) is 17.2. The number of carbonyl (C=O) groups excluding carboxylic acids is 2. The van der Waals surface area contributed by atoms with E-state index >= 15 is 0 Å². The lowest BCUT2D eigenvalue weighted by atomic mass is 10.1. The Morgan fingerprint density at radius 1 is 0.947 bits per heavy atom. The fourth-order valence-corrected chi connectivity index (χ4v) is 4.44. The molecule has 3 aromatic rings. The van der Waals surface area contributed by atoms with E-state index in [2.05, 4.69) is 36.2 Å². The largest absolute Gasteiger partial charge is 0.404 e. The summed E-state index contributed by atoms with van der Waals surface area (Å²) in [5.41, 5.74) is 9.40. The molecule has 0 atom stereocenters. The second kappa shape index (κ2) is 11.7. The van der Waals surface area contributed by atoms with E-state index in [1.807, 2.05) is 47.4 Å². The van der Waals surface area contributed by atoms with Crippen molar-refractivity contribution >= 4 is 46.3 Å². The first kappa shape index (κ1) is 25.2. The second-order valence-corrected chi connectivity index (χ2v) is 9.21. The molecule has 2 aromatic carbocycles. The highest BCUT2D eigenvalue weighted by atomic mass is 16.2. The van der Waals surface area contributed by atoms with Gasteiger partial charge in [-0.25, -0.2) is 0 Å². The minimum Gasteiger partial charge on any atom is -0.404 e. The maximum Gasteiger partial charge on any atom is 0.254 e. The van der Waals surface area contributed by atoms with Crippen LogP contribution in [0.15, 0.2) is 54.7 Å². The van der Waals surface area contributed by atoms with Crippen LogP contribution in [-0.2, 0) is 4.79 Å². The van der Waals surface area contributed by atoms with Crippen LogP contribution in [0.1, 0.15) is 41.9 Å². The van der Waals surface area contributed by atoms with Gasteiger partial charge in [0.15, 0.2) is 5.82 Å². The summed E-state index contributed by atoms with van der Waals surface area (Å²) >= 11 is 0. The molecule has 1 saturated heterocycles. The summed E-state index contributed by atoms with van der Waals surface area (Å²) in [4.78, 5) is 41.0. The molecule has 0 unspecified atom stereocenters. The summed E-state index contributed by atoms with van der Waals surface area (Å²) in [5.74, 6) is 1.05. The van der Waals surface area contributed by atoms with E-state index in [0.29, 0.717) is 72.7 Å². The number of hydrogen-bond donors (Lipinski definition) is 5. The average Bonchev–Trinajstić information content (AvgIpc) is 2.93. The van der Waals surface area contributed by atoms with E-state index in [-0.39, 0.29) is 11.8 Å². The molecule has 196 valence electrons. The van der Waals surface area contributed by atoms with Crippen molar-refractivity contribution in [3.63, 3.8) is 0 Å². The van der Waals surface area contributed by atoms with E-state index in [4.69, 9.17) is 5.73 Å². The minimum absolute atomic E-state index is 0.00407. The lowest BCUT2D eigenvalue weighted by Crippen LogP contribution is -2.46. The highest BCUT2D eigenvalue weighted by molar-refractivity contribution is 5.95. The summed E-state index contributed by atoms with van der Waals surface area (Å²) in [6.07, 6.45) is 3.99. The van der Waals surface area contributed by atoms with Crippen LogP contribution in [0.5, 0.6) is 0 Å². The zero-order valence-electron chi connectivity index (χ0n) is 21.0. The molecule has 3 heterocycles. The first-order valence-electron chi connectivity index (χ1n) is 12.8. The fourth-order valence-electron chi connectivity index (χ4n) is 4.44. The summed E-state index contributed by atoms with van der Waals surface area (Å²) in [5, 5.41) is 12.6. The monoisotopic (exact) mass is 513 g/mol. The Bertz CT molecular complexity index is 1350. The first-order valence-corrected chi connectivity index (χ1v) is 12.8. The number of nitrogens with one attached hydrogen (secondary N) is 4. The van der Waals surface area contributed by atoms with Crippen LogP contribution >= 0.6 is 0 Å². The van der Waals surface area contributed by atoms with Crippen molar-refractivity contribution in [2.75, 3.05) is 42.1 Å². The van der Waals surface area contributed by atoms with Crippen molar-refractivity contribution < 1.29 is 9.59 Å². The van der Waals surface area contributed by atoms with Crippen molar-refractivity contribution in [2.45, 2.75) is 25.7 Å². The number of aromatic nitrogens is 3. The number of piperazine rings is 1. The molecule has 0 radical (unpaired) electrons. The molecule has 0 aliphatic carbocycles. The Morgan fingerprint density at radius 2 is 1.71 bits per heavy atom. The third kappa shape index (κ3) is 6.24. The van der Waals surface area contributed by atoms with Gasteiger partial charge in [0, 0.05) is 67.0 Å². The number of benzene rings is 2. The van der Waals surface area contributed by atoms with Crippen LogP contribution in [0.3, 0.4) is 0 Å². The standard InChI is InChI=1S/C27H31N9O2/c28-17-19-5-1-2-10-23(37)30-21-8-4-9-22(16-21)32-27-34-24(19)33-26(35-27)31-20-7-3-6-18(15-20)25(38)36-13-11-29-12-14-36/h3-4,6-9,15-17,29H,1-2,5,10-14,28H2,(H,30,37)(H2,31,32,33,34,35). The average molecular weight is 514 g/mol. The first-order chi connectivity index (χ1) is 18.6. The third-order valence-electron chi connectivity index (χ3n) is 6.40. The molecule has 11 nitrogen and oxygen atoms in total. The molecule has 38 heavy (non-hydrogen) atoms. The van der Waals surface area contributed by atoms with Gasteiger partial charge in [0.2, 0.25) is 17.8 Å². The van der Waals surface area contributed by atoms with Gasteiger partial charge in [-0.05, 0) is 55.7 Å². The van der Waals surface area contributed by atoms with Crippen molar-refractivity contribution in [3.8, 4) is 0 Å². The summed E-state index contributed by atoms with van der Waals surface area (Å²) in [6, 6.07) is 14.7. The van der Waals surface area contributed by atoms with Gasteiger partial charge >= 0.3 is 0 Å². The van der Waals surface area contributed by atoms with E-state index in [1.54, 1.807) is 6.07 Å². The Balaban J connectivity index is 1.45. The van der Waals surface area contributed by atoms with Crippen LogP contribution in [0.25, 0.3) is 5.57 Å². The van der Waals surface area contributed by atoms with Crippen molar-refractivity contribution in [1.29, 1.82) is 0 Å². The number of hydrogen-bond acceptors (Lipinski definition) is 9. The lowest BCUT2D eigenvalue weighted by molar-refractivity contribution is -0.116. The van der Waals surface area contributed by atoms with Gasteiger partial charge in [0.1, 0.15) is 0 Å². The molecule has 0 saturated carbocycles. The highest BCUT2D eigenvalue weighted by Gasteiger charge is 2.19. The van der Waals surface area contributed by atoms with Crippen LogP contribution in [-0.4, -0.2) is 57.8 Å². The third-order valence-corrected chi connectivity index (χ3v) is 6.40. The molecule has 2 amide bonds. The van der Waals surface area contributed by atoms with Crippen molar-refractivity contribution in [3.05, 3.63) is 66.1 Å². The van der Waals surface area contributed by atoms with Gasteiger partial charge in [-0.3, -0.25) is 9.59 Å². The second-order valence-electron chi connectivity index (χ2n) is 9.21. The van der Waals surface area contributed by atoms with E-state index in [1.165, 1.54) is 6.20 Å². The number of anilines is 5. The maximum absolute atomic E-state index is 13.0. The van der Waals surface area contributed by atoms with Gasteiger partial charge in [0.25, 0.3) is 5.91 Å². The summed E-state index contributed by atoms with van der Waals surface area (Å²) in [6.45, 7) is 2.95. The zero-order valence-corrected chi connectivity index (χ0v) is 21.0. The fraction of sp³-hybridized carbons (Fsp3) is 0.296. The number of allylic oxidation sites excluding steroid dienone is 1. The van der Waals surface area contributed by atoms with Gasteiger partial charge in [0.05, 0.1) is 0 Å². The molecule has 2 aliphatic rings. The van der Waals surface area contributed by atoms with E-state index < -0.39 is 0 Å². The van der Waals surface area contributed by atoms with E-state index in [0.717, 1.165) is 25.1 Å². The molecule has 11 heteroatoms. The van der Waals surface area contributed by atoms with Crippen LogP contribution in [0, 0.1) is 0 Å². The predicted molar refractivity (Wildman–Crippen MR) is 147 cm³/mol. The molecular weight excluding hydrogens is 482 g/mol. The summed E-state index contributed by atoms with van der Waals surface area (Å²) in [7, 11) is 0. The Morgan fingerprint density at radius 3 is 2.53 bits per heavy atom. The van der Waals surface area contributed by atoms with Gasteiger partial charge in [-0.2, -0.15) is 15.0 Å². The highest BCUT2D eigenvalue weighted by Crippen LogP contribution is 2.25. The van der Waals surface area contributed by atoms with Crippen LogP contribution in [0.4, 0.5) is 29.0 Å². The molecule has 4 bridgehead atoms. The van der Waals surface area contributed by atoms with Crippen LogP contribution < -0.4 is 27.0 Å². The summed E-state index contributed by atoms with van der Waals surface area (Å²) < 4.78 is 0. The number of amides is 2. The molecular formula is C27H31N9O2. The molecule has 2 aliphatic heterocycles. The number of fused-ring (bicyclic) bond motifs is 4. The molecule has 5 rings (SSSR count). The SMILES string of the molecule is NC=C1CCCCC(=O)Nc2cccc(c2)Nc2nc(Nc3cccc(C(=O)N4CCNCC4)c3)nc1n2. The molecule has 0 spiro atoms. The zero-order chi connectivity index (χ0) is 26.3. The topological polar surface area (TPSA) is 150 Å². The van der Waals surface area contributed by atoms with Gasteiger partial charge in [-0.15, -0.1) is 0 Å². The minimum atomic E-state index is -0.0328. The molecule has 1 fully saturated rings. The molecule has 6 N–H and O–H groups in total. The smallest absolute Gasteiger partial charge is 0.254 e. The van der Waals surface area contributed by atoms with E-state index in [9.17, 15) is 9.59 Å². The number of carbonyl (C=O) groups is 2. The van der Waals surface area contributed by atoms with Crippen molar-refractivity contribution in [1.82, 2.24) is 25.2 Å². The number of nitrogens with two attached hydrogens (primary N) is 1. The maximum atomic E-state index is 13.0. The number of nitrogens with zero attached hydrogens (tertiary/aromatic N) is 4. The molecule has 1 aromatic heterocycles. The van der Waals surface area contributed by atoms with Gasteiger partial charge in [-0.1, -0.05) is 12.1 Å².